The zero-order valence-electron chi connectivity index (χ0n) is 13.0. The fourth-order valence-electron chi connectivity index (χ4n) is 3.68. The van der Waals surface area contributed by atoms with Crippen LogP contribution in [0.3, 0.4) is 0 Å². The van der Waals surface area contributed by atoms with Gasteiger partial charge in [-0.05, 0) is 37.7 Å². The van der Waals surface area contributed by atoms with Crippen molar-refractivity contribution in [3.05, 3.63) is 23.8 Å². The third kappa shape index (κ3) is 3.34. The molecule has 5 heteroatoms. The van der Waals surface area contributed by atoms with Crippen LogP contribution in [-0.4, -0.2) is 41.0 Å². The van der Waals surface area contributed by atoms with Crippen LogP contribution in [0, 0.1) is 18.8 Å². The van der Waals surface area contributed by atoms with Gasteiger partial charge in [-0.2, -0.15) is 0 Å². The van der Waals surface area contributed by atoms with E-state index in [1.807, 2.05) is 26.2 Å². The van der Waals surface area contributed by atoms with Gasteiger partial charge >= 0.3 is 0 Å². The van der Waals surface area contributed by atoms with Crippen LogP contribution in [0.25, 0.3) is 0 Å². The number of nitrogens with one attached hydrogen (secondary N) is 1. The molecule has 1 aliphatic heterocycles. The van der Waals surface area contributed by atoms with Crippen molar-refractivity contribution < 1.29 is 0 Å². The monoisotopic (exact) mass is 287 g/mol. The topological polar surface area (TPSA) is 53.4 Å². The normalized spacial score (nSPS) is 25.8. The molecule has 2 unspecified atom stereocenters. The van der Waals surface area contributed by atoms with Crippen LogP contribution in [0.2, 0.25) is 0 Å². The van der Waals surface area contributed by atoms with Crippen molar-refractivity contribution in [1.82, 2.24) is 20.2 Å². The Morgan fingerprint density at radius 2 is 2.05 bits per heavy atom. The molecule has 2 atom stereocenters. The minimum Gasteiger partial charge on any atom is -0.351 e. The maximum Gasteiger partial charge on any atom is 0.193 e. The molecule has 0 radical (unpaired) electrons. The highest BCUT2D eigenvalue weighted by Crippen LogP contribution is 2.35. The van der Waals surface area contributed by atoms with Gasteiger partial charge < -0.3 is 10.2 Å². The first kappa shape index (κ1) is 14.3. The van der Waals surface area contributed by atoms with Gasteiger partial charge in [0.25, 0.3) is 0 Å². The Hall–Kier alpha value is -1.65. The molecule has 1 aliphatic carbocycles. The van der Waals surface area contributed by atoms with Crippen LogP contribution in [0.15, 0.2) is 17.3 Å². The molecule has 2 fully saturated rings. The van der Waals surface area contributed by atoms with Crippen LogP contribution in [0.1, 0.15) is 37.2 Å². The average molecular weight is 287 g/mol. The quantitative estimate of drug-likeness (QED) is 0.667. The summed E-state index contributed by atoms with van der Waals surface area (Å²) in [5.74, 6) is 3.58. The van der Waals surface area contributed by atoms with Crippen molar-refractivity contribution in [2.45, 2.75) is 39.2 Å². The number of hydrogen-bond acceptors (Lipinski definition) is 3. The second-order valence-electron chi connectivity index (χ2n) is 6.21. The Morgan fingerprint density at radius 1 is 1.33 bits per heavy atom. The summed E-state index contributed by atoms with van der Waals surface area (Å²) in [7, 11) is 1.87. The summed E-state index contributed by atoms with van der Waals surface area (Å²) >= 11 is 0. The first-order valence-electron chi connectivity index (χ1n) is 8.00. The number of likely N-dealkylation sites (tertiary alicyclic amines) is 1. The largest absolute Gasteiger partial charge is 0.351 e. The molecule has 2 heterocycles. The number of rotatable bonds is 2. The maximum atomic E-state index is 4.45. The molecule has 5 nitrogen and oxygen atoms in total. The highest BCUT2D eigenvalue weighted by atomic mass is 15.3. The Labute approximate surface area is 126 Å². The smallest absolute Gasteiger partial charge is 0.193 e. The molecule has 1 saturated carbocycles. The third-order valence-electron chi connectivity index (χ3n) is 4.75. The minimum atomic E-state index is 0.710. The number of aryl methyl sites for hydroxylation is 1. The second kappa shape index (κ2) is 6.41. The maximum absolute atomic E-state index is 4.45. The van der Waals surface area contributed by atoms with Gasteiger partial charge in [0.2, 0.25) is 0 Å². The number of nitrogens with zero attached hydrogens (tertiary/aromatic N) is 4. The van der Waals surface area contributed by atoms with Crippen molar-refractivity contribution in [3.63, 3.8) is 0 Å². The molecule has 0 spiro atoms. The van der Waals surface area contributed by atoms with Crippen LogP contribution < -0.4 is 5.32 Å². The van der Waals surface area contributed by atoms with Crippen molar-refractivity contribution in [2.24, 2.45) is 16.8 Å². The van der Waals surface area contributed by atoms with E-state index in [4.69, 9.17) is 0 Å². The molecule has 1 saturated heterocycles. The highest BCUT2D eigenvalue weighted by molar-refractivity contribution is 5.80. The first-order chi connectivity index (χ1) is 10.3. The highest BCUT2D eigenvalue weighted by Gasteiger charge is 2.35. The van der Waals surface area contributed by atoms with E-state index < -0.39 is 0 Å². The molecule has 0 amide bonds. The van der Waals surface area contributed by atoms with Crippen molar-refractivity contribution in [3.8, 4) is 0 Å². The second-order valence-corrected chi connectivity index (χ2v) is 6.21. The first-order valence-corrected chi connectivity index (χ1v) is 8.00. The minimum absolute atomic E-state index is 0.710. The molecule has 2 aliphatic rings. The molecule has 1 aromatic heterocycles. The fraction of sp³-hybridized carbons (Fsp3) is 0.688. The van der Waals surface area contributed by atoms with Crippen molar-refractivity contribution in [2.75, 3.05) is 20.1 Å². The predicted octanol–water partition coefficient (Wildman–Crippen LogP) is 1.98. The molecule has 0 aromatic carbocycles. The van der Waals surface area contributed by atoms with Gasteiger partial charge in [-0.25, -0.2) is 9.97 Å². The predicted molar refractivity (Wildman–Crippen MR) is 84.0 cm³/mol. The van der Waals surface area contributed by atoms with Crippen molar-refractivity contribution in [1.29, 1.82) is 0 Å². The Kier molecular flexibility index (Phi) is 4.36. The van der Waals surface area contributed by atoms with Gasteiger partial charge in [-0.1, -0.05) is 12.8 Å². The molecule has 21 heavy (non-hydrogen) atoms. The lowest BCUT2D eigenvalue weighted by Crippen LogP contribution is -2.40. The number of guanidine groups is 1. The molecular weight excluding hydrogens is 262 g/mol. The van der Waals surface area contributed by atoms with Gasteiger partial charge in [-0.15, -0.1) is 0 Å². The van der Waals surface area contributed by atoms with E-state index in [1.165, 1.54) is 25.7 Å². The summed E-state index contributed by atoms with van der Waals surface area (Å²) < 4.78 is 0. The third-order valence-corrected chi connectivity index (χ3v) is 4.75. The molecule has 114 valence electrons. The molecule has 1 aromatic rings. The standard InChI is InChI=1S/C16H25N5/c1-12-18-8-7-15(20-12)9-19-16(17-2)21-10-13-5-3-4-6-14(13)11-21/h7-8,13-14H,3-6,9-11H2,1-2H3,(H,17,19). The summed E-state index contributed by atoms with van der Waals surface area (Å²) in [5, 5.41) is 3.45. The number of aliphatic imine (C=N–C) groups is 1. The van der Waals surface area contributed by atoms with Gasteiger partial charge in [-0.3, -0.25) is 4.99 Å². The zero-order chi connectivity index (χ0) is 14.7. The molecule has 3 rings (SSSR count). The number of hydrogen-bond donors (Lipinski definition) is 1. The van der Waals surface area contributed by atoms with Gasteiger partial charge in [0.15, 0.2) is 5.96 Å². The Morgan fingerprint density at radius 3 is 2.67 bits per heavy atom. The summed E-state index contributed by atoms with van der Waals surface area (Å²) in [6, 6.07) is 1.96. The SMILES string of the molecule is CN=C(NCc1ccnc(C)n1)N1CC2CCCCC2C1. The van der Waals surface area contributed by atoms with E-state index in [-0.39, 0.29) is 0 Å². The van der Waals surface area contributed by atoms with Crippen LogP contribution >= 0.6 is 0 Å². The van der Waals surface area contributed by atoms with E-state index in [0.717, 1.165) is 42.4 Å². The molecular formula is C16H25N5. The number of aromatic nitrogens is 2. The lowest BCUT2D eigenvalue weighted by Gasteiger charge is -2.22. The lowest BCUT2D eigenvalue weighted by atomic mass is 9.82. The van der Waals surface area contributed by atoms with Crippen LogP contribution in [0.5, 0.6) is 0 Å². The van der Waals surface area contributed by atoms with Crippen LogP contribution in [-0.2, 0) is 6.54 Å². The lowest BCUT2D eigenvalue weighted by molar-refractivity contribution is 0.299. The zero-order valence-corrected chi connectivity index (χ0v) is 13.0. The van der Waals surface area contributed by atoms with E-state index >= 15 is 0 Å². The Bertz CT molecular complexity index is 499. The summed E-state index contributed by atoms with van der Waals surface area (Å²) in [6.07, 6.45) is 7.40. The summed E-state index contributed by atoms with van der Waals surface area (Å²) in [6.45, 7) is 4.95. The number of fused-ring (bicyclic) bond motifs is 1. The van der Waals surface area contributed by atoms with E-state index in [2.05, 4.69) is 25.2 Å². The Balaban J connectivity index is 1.58. The van der Waals surface area contributed by atoms with Gasteiger partial charge in [0, 0.05) is 26.3 Å². The summed E-state index contributed by atoms with van der Waals surface area (Å²) in [4.78, 5) is 15.4. The molecule has 1 N–H and O–H groups in total. The summed E-state index contributed by atoms with van der Waals surface area (Å²) in [5.41, 5.74) is 1.01. The molecule has 0 bridgehead atoms. The van der Waals surface area contributed by atoms with Gasteiger partial charge in [0.1, 0.15) is 5.82 Å². The van der Waals surface area contributed by atoms with E-state index in [1.54, 1.807) is 0 Å². The van der Waals surface area contributed by atoms with Gasteiger partial charge in [0.05, 0.1) is 12.2 Å². The average Bonchev–Trinajstić information content (AvgIpc) is 2.91. The van der Waals surface area contributed by atoms with Crippen molar-refractivity contribution >= 4 is 5.96 Å². The van der Waals surface area contributed by atoms with Crippen LogP contribution in [0.4, 0.5) is 0 Å². The van der Waals surface area contributed by atoms with E-state index in [0.29, 0.717) is 6.54 Å². The van der Waals surface area contributed by atoms with E-state index in [9.17, 15) is 0 Å². The fourth-order valence-corrected chi connectivity index (χ4v) is 3.68.